The lowest BCUT2D eigenvalue weighted by Gasteiger charge is -2.25. The molecule has 0 aliphatic carbocycles. The number of guanidine groups is 1. The standard InChI is InChI=1S/C14H26N6S/c1-4-15-14(16-8-6-10-21-3)18-12-7-5-9-20-13(12)17-11(2)19-20/h12H,4-10H2,1-3H3,(H2,15,16,18). The monoisotopic (exact) mass is 310 g/mol. The van der Waals surface area contributed by atoms with Gasteiger partial charge in [0.25, 0.3) is 0 Å². The third-order valence-electron chi connectivity index (χ3n) is 3.41. The SMILES string of the molecule is CCNC(=NCCCSC)NC1CCCn2nc(C)nc21. The molecule has 0 fully saturated rings. The molecule has 6 nitrogen and oxygen atoms in total. The molecular formula is C14H26N6S. The molecule has 0 bridgehead atoms. The molecule has 2 N–H and O–H groups in total. The number of nitrogens with one attached hydrogen (secondary N) is 2. The van der Waals surface area contributed by atoms with Crippen LogP contribution in [0.25, 0.3) is 0 Å². The van der Waals surface area contributed by atoms with E-state index in [4.69, 9.17) is 0 Å². The molecule has 118 valence electrons. The summed E-state index contributed by atoms with van der Waals surface area (Å²) in [5, 5.41) is 11.3. The van der Waals surface area contributed by atoms with E-state index in [0.717, 1.165) is 62.3 Å². The Morgan fingerprint density at radius 3 is 3.14 bits per heavy atom. The van der Waals surface area contributed by atoms with Crippen LogP contribution in [0.4, 0.5) is 0 Å². The number of rotatable bonds is 6. The van der Waals surface area contributed by atoms with Gasteiger partial charge in [-0.15, -0.1) is 0 Å². The summed E-state index contributed by atoms with van der Waals surface area (Å²) in [5.74, 6) is 3.92. The molecule has 2 heterocycles. The van der Waals surface area contributed by atoms with Crippen molar-refractivity contribution in [2.24, 2.45) is 4.99 Å². The lowest BCUT2D eigenvalue weighted by Crippen LogP contribution is -2.41. The molecule has 0 radical (unpaired) electrons. The number of hydrogen-bond acceptors (Lipinski definition) is 4. The molecular weight excluding hydrogens is 284 g/mol. The molecule has 1 atom stereocenters. The summed E-state index contributed by atoms with van der Waals surface area (Å²) in [6.45, 7) is 6.73. The predicted octanol–water partition coefficient (Wildman–Crippen LogP) is 1.73. The number of aliphatic imine (C=N–C) groups is 1. The molecule has 1 unspecified atom stereocenters. The third kappa shape index (κ3) is 4.62. The average Bonchev–Trinajstić information content (AvgIpc) is 2.85. The summed E-state index contributed by atoms with van der Waals surface area (Å²) < 4.78 is 2.02. The van der Waals surface area contributed by atoms with Crippen LogP contribution in [0.5, 0.6) is 0 Å². The Balaban J connectivity index is 2.00. The van der Waals surface area contributed by atoms with E-state index in [9.17, 15) is 0 Å². The molecule has 1 aliphatic rings. The van der Waals surface area contributed by atoms with E-state index in [1.54, 1.807) is 0 Å². The molecule has 21 heavy (non-hydrogen) atoms. The smallest absolute Gasteiger partial charge is 0.191 e. The quantitative estimate of drug-likeness (QED) is 0.476. The Bertz CT molecular complexity index is 470. The summed E-state index contributed by atoms with van der Waals surface area (Å²) in [5.41, 5.74) is 0. The summed E-state index contributed by atoms with van der Waals surface area (Å²) in [6, 6.07) is 0.207. The van der Waals surface area contributed by atoms with Crippen molar-refractivity contribution in [3.8, 4) is 0 Å². The number of thioether (sulfide) groups is 1. The summed E-state index contributed by atoms with van der Waals surface area (Å²) in [7, 11) is 0. The molecule has 0 saturated heterocycles. The van der Waals surface area contributed by atoms with Crippen LogP contribution in [0, 0.1) is 6.92 Å². The van der Waals surface area contributed by atoms with Gasteiger partial charge < -0.3 is 10.6 Å². The van der Waals surface area contributed by atoms with Crippen molar-refractivity contribution in [3.05, 3.63) is 11.6 Å². The van der Waals surface area contributed by atoms with E-state index >= 15 is 0 Å². The van der Waals surface area contributed by atoms with Crippen LogP contribution in [-0.4, -0.2) is 45.8 Å². The molecule has 0 aromatic carbocycles. The van der Waals surface area contributed by atoms with Crippen molar-refractivity contribution in [1.82, 2.24) is 25.4 Å². The fraction of sp³-hybridized carbons (Fsp3) is 0.786. The number of aromatic nitrogens is 3. The Hall–Kier alpha value is -1.24. The van der Waals surface area contributed by atoms with Crippen molar-refractivity contribution < 1.29 is 0 Å². The molecule has 0 amide bonds. The molecule has 1 aromatic rings. The topological polar surface area (TPSA) is 67.1 Å². The largest absolute Gasteiger partial charge is 0.357 e. The summed E-state index contributed by atoms with van der Waals surface area (Å²) in [4.78, 5) is 9.21. The first kappa shape index (κ1) is 16.1. The number of hydrogen-bond donors (Lipinski definition) is 2. The van der Waals surface area contributed by atoms with Crippen LogP contribution < -0.4 is 10.6 Å². The first-order chi connectivity index (χ1) is 10.2. The van der Waals surface area contributed by atoms with Crippen LogP contribution in [0.3, 0.4) is 0 Å². The van der Waals surface area contributed by atoms with E-state index in [0.29, 0.717) is 0 Å². The molecule has 7 heteroatoms. The zero-order valence-corrected chi connectivity index (χ0v) is 14.0. The van der Waals surface area contributed by atoms with Gasteiger partial charge in [0.15, 0.2) is 5.96 Å². The van der Waals surface area contributed by atoms with Crippen LogP contribution in [-0.2, 0) is 6.54 Å². The van der Waals surface area contributed by atoms with Crippen LogP contribution in [0.2, 0.25) is 0 Å². The van der Waals surface area contributed by atoms with Gasteiger partial charge in [0.2, 0.25) is 0 Å². The Morgan fingerprint density at radius 2 is 2.38 bits per heavy atom. The Morgan fingerprint density at radius 1 is 1.52 bits per heavy atom. The number of nitrogens with zero attached hydrogens (tertiary/aromatic N) is 4. The van der Waals surface area contributed by atoms with Gasteiger partial charge in [0.1, 0.15) is 11.6 Å². The minimum Gasteiger partial charge on any atom is -0.357 e. The highest BCUT2D eigenvalue weighted by molar-refractivity contribution is 7.98. The zero-order chi connectivity index (χ0) is 15.1. The molecule has 1 aliphatic heterocycles. The van der Waals surface area contributed by atoms with Gasteiger partial charge >= 0.3 is 0 Å². The van der Waals surface area contributed by atoms with Crippen molar-refractivity contribution in [2.45, 2.75) is 45.7 Å². The maximum atomic E-state index is 4.65. The fourth-order valence-electron chi connectivity index (χ4n) is 2.49. The van der Waals surface area contributed by atoms with Crippen LogP contribution in [0.15, 0.2) is 4.99 Å². The lowest BCUT2D eigenvalue weighted by atomic mass is 10.1. The van der Waals surface area contributed by atoms with Crippen molar-refractivity contribution in [2.75, 3.05) is 25.1 Å². The summed E-state index contributed by atoms with van der Waals surface area (Å²) in [6.07, 6.45) is 5.44. The minimum absolute atomic E-state index is 0.207. The zero-order valence-electron chi connectivity index (χ0n) is 13.2. The van der Waals surface area contributed by atoms with Gasteiger partial charge in [-0.1, -0.05) is 0 Å². The highest BCUT2D eigenvalue weighted by atomic mass is 32.2. The molecule has 0 spiro atoms. The van der Waals surface area contributed by atoms with E-state index in [-0.39, 0.29) is 6.04 Å². The van der Waals surface area contributed by atoms with Crippen LogP contribution >= 0.6 is 11.8 Å². The molecule has 1 aromatic heterocycles. The molecule has 2 rings (SSSR count). The van der Waals surface area contributed by atoms with Gasteiger partial charge in [-0.2, -0.15) is 16.9 Å². The van der Waals surface area contributed by atoms with E-state index in [1.165, 1.54) is 0 Å². The Labute approximate surface area is 131 Å². The van der Waals surface area contributed by atoms with E-state index in [1.807, 2.05) is 23.4 Å². The van der Waals surface area contributed by atoms with Gasteiger partial charge in [-0.25, -0.2) is 9.67 Å². The van der Waals surface area contributed by atoms with Gasteiger partial charge in [-0.3, -0.25) is 4.99 Å². The maximum Gasteiger partial charge on any atom is 0.191 e. The predicted molar refractivity (Wildman–Crippen MR) is 88.8 cm³/mol. The first-order valence-corrected chi connectivity index (χ1v) is 9.09. The lowest BCUT2D eigenvalue weighted by molar-refractivity contribution is 0.397. The second-order valence-electron chi connectivity index (χ2n) is 5.19. The van der Waals surface area contributed by atoms with Gasteiger partial charge in [-0.05, 0) is 45.1 Å². The van der Waals surface area contributed by atoms with Gasteiger partial charge in [0, 0.05) is 19.6 Å². The van der Waals surface area contributed by atoms with Crippen molar-refractivity contribution >= 4 is 17.7 Å². The minimum atomic E-state index is 0.207. The first-order valence-electron chi connectivity index (χ1n) is 7.69. The highest BCUT2D eigenvalue weighted by Gasteiger charge is 2.24. The van der Waals surface area contributed by atoms with E-state index in [2.05, 4.69) is 38.9 Å². The van der Waals surface area contributed by atoms with Gasteiger partial charge in [0.05, 0.1) is 6.04 Å². The number of aryl methyl sites for hydroxylation is 2. The van der Waals surface area contributed by atoms with Crippen molar-refractivity contribution in [1.29, 1.82) is 0 Å². The highest BCUT2D eigenvalue weighted by Crippen LogP contribution is 2.22. The molecule has 0 saturated carbocycles. The Kier molecular flexibility index (Phi) is 6.35. The maximum absolute atomic E-state index is 4.65. The van der Waals surface area contributed by atoms with Crippen LogP contribution in [0.1, 0.15) is 43.9 Å². The van der Waals surface area contributed by atoms with Crippen molar-refractivity contribution in [3.63, 3.8) is 0 Å². The summed E-state index contributed by atoms with van der Waals surface area (Å²) >= 11 is 1.86. The second kappa shape index (κ2) is 8.26. The van der Waals surface area contributed by atoms with E-state index < -0.39 is 0 Å². The fourth-order valence-corrected chi connectivity index (χ4v) is 2.91. The number of fused-ring (bicyclic) bond motifs is 1. The second-order valence-corrected chi connectivity index (χ2v) is 6.17. The normalized spacial score (nSPS) is 18.4. The average molecular weight is 310 g/mol. The third-order valence-corrected chi connectivity index (χ3v) is 4.11.